The summed E-state index contributed by atoms with van der Waals surface area (Å²) in [5.74, 6) is -1.36. The molecule has 1 amide bonds. The largest absolute Gasteiger partial charge is 0.480 e. The number of amides is 1. The highest BCUT2D eigenvalue weighted by atomic mass is 16.4. The topological polar surface area (TPSA) is 104 Å². The van der Waals surface area contributed by atoms with E-state index in [9.17, 15) is 9.59 Å². The summed E-state index contributed by atoms with van der Waals surface area (Å²) < 4.78 is 5.33. The van der Waals surface area contributed by atoms with Crippen molar-refractivity contribution in [2.75, 3.05) is 12.4 Å². The molecular formula is C12H13N3O4. The van der Waals surface area contributed by atoms with Crippen LogP contribution in [0.25, 0.3) is 11.1 Å². The number of nitrogens with zero attached hydrogens (tertiary/aromatic N) is 1. The molecular weight excluding hydrogens is 250 g/mol. The van der Waals surface area contributed by atoms with E-state index in [1.54, 1.807) is 25.1 Å². The molecule has 1 heterocycles. The zero-order valence-electron chi connectivity index (χ0n) is 10.4. The van der Waals surface area contributed by atoms with Gasteiger partial charge in [-0.2, -0.15) is 0 Å². The lowest BCUT2D eigenvalue weighted by atomic mass is 10.2. The minimum absolute atomic E-state index is 0.454. The smallest absolute Gasteiger partial charge is 0.330 e. The maximum Gasteiger partial charge on any atom is 0.330 e. The number of benzene rings is 1. The minimum atomic E-state index is -1.30. The molecule has 0 saturated heterocycles. The van der Waals surface area contributed by atoms with Crippen LogP contribution in [-0.2, 0) is 9.59 Å². The van der Waals surface area contributed by atoms with Crippen LogP contribution in [0.2, 0.25) is 0 Å². The maximum atomic E-state index is 11.7. The van der Waals surface area contributed by atoms with E-state index < -0.39 is 17.9 Å². The highest BCUT2D eigenvalue weighted by Gasteiger charge is 2.24. The molecule has 0 saturated carbocycles. The van der Waals surface area contributed by atoms with Crippen molar-refractivity contribution in [3.05, 3.63) is 24.1 Å². The molecule has 0 aliphatic heterocycles. The highest BCUT2D eigenvalue weighted by Crippen LogP contribution is 2.19. The molecule has 2 aromatic rings. The quantitative estimate of drug-likeness (QED) is 0.703. The predicted octanol–water partition coefficient (Wildman–Crippen LogP) is 0.747. The van der Waals surface area contributed by atoms with Gasteiger partial charge in [0.05, 0.1) is 0 Å². The third-order valence-corrected chi connectivity index (χ3v) is 2.56. The van der Waals surface area contributed by atoms with E-state index >= 15 is 0 Å². The molecule has 7 nitrogen and oxygen atoms in total. The maximum absolute atomic E-state index is 11.7. The summed E-state index contributed by atoms with van der Waals surface area (Å²) >= 11 is 0. The normalized spacial score (nSPS) is 12.3. The van der Waals surface area contributed by atoms with Gasteiger partial charge in [-0.05, 0) is 19.2 Å². The van der Waals surface area contributed by atoms with E-state index in [0.29, 0.717) is 22.7 Å². The van der Waals surface area contributed by atoms with Crippen molar-refractivity contribution in [1.82, 2.24) is 10.3 Å². The van der Waals surface area contributed by atoms with Gasteiger partial charge in [-0.3, -0.25) is 10.1 Å². The Morgan fingerprint density at radius 1 is 1.42 bits per heavy atom. The van der Waals surface area contributed by atoms with Gasteiger partial charge in [-0.1, -0.05) is 0 Å². The Balaban J connectivity index is 2.20. The Kier molecular flexibility index (Phi) is 3.48. The molecule has 7 heteroatoms. The molecule has 0 spiro atoms. The summed E-state index contributed by atoms with van der Waals surface area (Å²) in [5, 5.41) is 13.8. The molecule has 0 aliphatic carbocycles. The number of nitrogens with one attached hydrogen (secondary N) is 2. The Morgan fingerprint density at radius 2 is 2.16 bits per heavy atom. The first-order valence-electron chi connectivity index (χ1n) is 5.59. The number of hydrogen-bond donors (Lipinski definition) is 3. The van der Waals surface area contributed by atoms with Crippen molar-refractivity contribution < 1.29 is 19.1 Å². The molecule has 2 rings (SSSR count). The second-order valence-electron chi connectivity index (χ2n) is 3.96. The number of aromatic nitrogens is 1. The van der Waals surface area contributed by atoms with E-state index in [0.717, 1.165) is 0 Å². The van der Waals surface area contributed by atoms with Gasteiger partial charge < -0.3 is 14.8 Å². The number of oxazole rings is 1. The third-order valence-electron chi connectivity index (χ3n) is 2.56. The molecule has 100 valence electrons. The number of likely N-dealkylation sites (N-methyl/N-ethyl adjacent to an activating group) is 1. The molecule has 1 aromatic carbocycles. The number of anilines is 1. The second kappa shape index (κ2) is 5.07. The monoisotopic (exact) mass is 263 g/mol. The summed E-state index contributed by atoms with van der Waals surface area (Å²) in [6.45, 7) is 1.72. The molecule has 0 fully saturated rings. The van der Waals surface area contributed by atoms with Crippen molar-refractivity contribution in [2.45, 2.75) is 13.0 Å². The van der Waals surface area contributed by atoms with E-state index in [-0.39, 0.29) is 0 Å². The zero-order chi connectivity index (χ0) is 14.0. The molecule has 1 aromatic heterocycles. The summed E-state index contributed by atoms with van der Waals surface area (Å²) in [6, 6.07) is 3.63. The summed E-state index contributed by atoms with van der Waals surface area (Å²) in [7, 11) is 1.40. The van der Waals surface area contributed by atoms with Gasteiger partial charge >= 0.3 is 5.97 Å². The SMILES string of the molecule is CNC(C(=O)O)C(=O)Nc1ccc2nc(C)oc2c1. The van der Waals surface area contributed by atoms with Gasteiger partial charge in [0.2, 0.25) is 0 Å². The number of carbonyl (C=O) groups excluding carboxylic acids is 1. The Bertz CT molecular complexity index is 635. The summed E-state index contributed by atoms with van der Waals surface area (Å²) in [4.78, 5) is 26.7. The number of rotatable bonds is 4. The van der Waals surface area contributed by atoms with Crippen molar-refractivity contribution in [3.63, 3.8) is 0 Å². The van der Waals surface area contributed by atoms with E-state index in [1.807, 2.05) is 0 Å². The average molecular weight is 263 g/mol. The van der Waals surface area contributed by atoms with Gasteiger partial charge in [0, 0.05) is 18.7 Å². The van der Waals surface area contributed by atoms with Crippen LogP contribution in [0.1, 0.15) is 5.89 Å². The number of fused-ring (bicyclic) bond motifs is 1. The first kappa shape index (κ1) is 13.0. The van der Waals surface area contributed by atoms with Crippen LogP contribution in [-0.4, -0.2) is 35.1 Å². The molecule has 19 heavy (non-hydrogen) atoms. The molecule has 3 N–H and O–H groups in total. The fourth-order valence-electron chi connectivity index (χ4n) is 1.70. The fourth-order valence-corrected chi connectivity index (χ4v) is 1.70. The Morgan fingerprint density at radius 3 is 2.79 bits per heavy atom. The van der Waals surface area contributed by atoms with Crippen LogP contribution in [0.4, 0.5) is 5.69 Å². The molecule has 1 atom stereocenters. The van der Waals surface area contributed by atoms with Crippen LogP contribution in [0, 0.1) is 6.92 Å². The standard InChI is InChI=1S/C12H13N3O4/c1-6-14-8-4-3-7(5-9(8)19-6)15-11(16)10(13-2)12(17)18/h3-5,10,13H,1-2H3,(H,15,16)(H,17,18). The molecule has 0 radical (unpaired) electrons. The van der Waals surface area contributed by atoms with E-state index in [2.05, 4.69) is 15.6 Å². The van der Waals surface area contributed by atoms with Gasteiger partial charge in [0.25, 0.3) is 5.91 Å². The molecule has 1 unspecified atom stereocenters. The number of hydrogen-bond acceptors (Lipinski definition) is 5. The van der Waals surface area contributed by atoms with Gasteiger partial charge in [0.15, 0.2) is 17.5 Å². The Hall–Kier alpha value is -2.41. The number of carboxylic acids is 1. The Labute approximate surface area is 108 Å². The van der Waals surface area contributed by atoms with Crippen LogP contribution >= 0.6 is 0 Å². The third kappa shape index (κ3) is 2.71. The van der Waals surface area contributed by atoms with Crippen LogP contribution < -0.4 is 10.6 Å². The summed E-state index contributed by atoms with van der Waals surface area (Å²) in [5.41, 5.74) is 1.67. The summed E-state index contributed by atoms with van der Waals surface area (Å²) in [6.07, 6.45) is 0. The van der Waals surface area contributed by atoms with Gasteiger partial charge in [-0.15, -0.1) is 0 Å². The molecule has 0 bridgehead atoms. The van der Waals surface area contributed by atoms with Crippen LogP contribution in [0.15, 0.2) is 22.6 Å². The van der Waals surface area contributed by atoms with Gasteiger partial charge in [-0.25, -0.2) is 9.78 Å². The van der Waals surface area contributed by atoms with E-state index in [4.69, 9.17) is 9.52 Å². The zero-order valence-corrected chi connectivity index (χ0v) is 10.4. The van der Waals surface area contributed by atoms with Crippen LogP contribution in [0.3, 0.4) is 0 Å². The van der Waals surface area contributed by atoms with Crippen molar-refractivity contribution in [3.8, 4) is 0 Å². The first-order valence-corrected chi connectivity index (χ1v) is 5.59. The van der Waals surface area contributed by atoms with E-state index in [1.165, 1.54) is 7.05 Å². The minimum Gasteiger partial charge on any atom is -0.480 e. The second-order valence-corrected chi connectivity index (χ2v) is 3.96. The first-order chi connectivity index (χ1) is 9.01. The lowest BCUT2D eigenvalue weighted by Gasteiger charge is -2.11. The number of aryl methyl sites for hydroxylation is 1. The van der Waals surface area contributed by atoms with Crippen LogP contribution in [0.5, 0.6) is 0 Å². The lowest BCUT2D eigenvalue weighted by Crippen LogP contribution is -2.44. The van der Waals surface area contributed by atoms with Crippen molar-refractivity contribution >= 4 is 28.7 Å². The van der Waals surface area contributed by atoms with Crippen molar-refractivity contribution in [1.29, 1.82) is 0 Å². The van der Waals surface area contributed by atoms with Gasteiger partial charge in [0.1, 0.15) is 5.52 Å². The predicted molar refractivity (Wildman–Crippen MR) is 67.9 cm³/mol. The fraction of sp³-hybridized carbons (Fsp3) is 0.250. The lowest BCUT2D eigenvalue weighted by molar-refractivity contribution is -0.142. The van der Waals surface area contributed by atoms with Crippen molar-refractivity contribution in [2.24, 2.45) is 0 Å². The number of carboxylic acid groups (broad SMARTS) is 1. The number of aliphatic carboxylic acids is 1. The molecule has 0 aliphatic rings. The average Bonchev–Trinajstić information content (AvgIpc) is 2.68. The number of carbonyl (C=O) groups is 2. The highest BCUT2D eigenvalue weighted by molar-refractivity contribution is 6.08.